The van der Waals surface area contributed by atoms with Crippen LogP contribution < -0.4 is 5.32 Å². The number of thiophene rings is 1. The number of aromatic nitrogens is 5. The van der Waals surface area contributed by atoms with Gasteiger partial charge in [0.2, 0.25) is 0 Å². The molecule has 7 nitrogen and oxygen atoms in total. The number of hydrogen-bond donors (Lipinski definition) is 1. The fourth-order valence-corrected chi connectivity index (χ4v) is 3.75. The van der Waals surface area contributed by atoms with Gasteiger partial charge in [-0.3, -0.25) is 10.1 Å². The Balaban J connectivity index is 1.54. The molecule has 124 valence electrons. The van der Waals surface area contributed by atoms with Gasteiger partial charge in [0.25, 0.3) is 5.91 Å². The van der Waals surface area contributed by atoms with Crippen LogP contribution in [0.2, 0.25) is 0 Å². The number of hydrogen-bond acceptors (Lipinski definition) is 7. The number of benzene rings is 1. The van der Waals surface area contributed by atoms with Gasteiger partial charge in [-0.05, 0) is 28.8 Å². The smallest absolute Gasteiger partial charge is 0.269 e. The van der Waals surface area contributed by atoms with Gasteiger partial charge >= 0.3 is 0 Å². The Labute approximate surface area is 151 Å². The normalized spacial score (nSPS) is 10.8. The van der Waals surface area contributed by atoms with E-state index < -0.39 is 0 Å². The third-order valence-electron chi connectivity index (χ3n) is 3.52. The van der Waals surface area contributed by atoms with Crippen molar-refractivity contribution in [1.29, 1.82) is 0 Å². The molecule has 0 unspecified atom stereocenters. The number of amides is 1. The van der Waals surface area contributed by atoms with Crippen molar-refractivity contribution < 1.29 is 4.79 Å². The Hall–Kier alpha value is -2.91. The van der Waals surface area contributed by atoms with Gasteiger partial charge in [0.05, 0.1) is 11.4 Å². The molecular formula is C16H12N6OS2. The molecular weight excluding hydrogens is 356 g/mol. The van der Waals surface area contributed by atoms with E-state index in [4.69, 9.17) is 0 Å². The van der Waals surface area contributed by atoms with Crippen LogP contribution in [0.1, 0.15) is 15.2 Å². The predicted molar refractivity (Wildman–Crippen MR) is 97.3 cm³/mol. The molecule has 0 radical (unpaired) electrons. The largest absolute Gasteiger partial charge is 0.297 e. The predicted octanol–water partition coefficient (Wildman–Crippen LogP) is 3.41. The van der Waals surface area contributed by atoms with Gasteiger partial charge in [-0.15, -0.1) is 27.8 Å². The molecule has 3 aromatic heterocycles. The van der Waals surface area contributed by atoms with Crippen LogP contribution in [0, 0.1) is 6.92 Å². The summed E-state index contributed by atoms with van der Waals surface area (Å²) in [6.45, 7) is 2.04. The van der Waals surface area contributed by atoms with Crippen LogP contribution in [0.15, 0.2) is 47.4 Å². The zero-order valence-electron chi connectivity index (χ0n) is 13.1. The molecule has 1 N–H and O–H groups in total. The molecule has 0 spiro atoms. The summed E-state index contributed by atoms with van der Waals surface area (Å²) in [5.41, 5.74) is 3.70. The Morgan fingerprint density at radius 3 is 2.76 bits per heavy atom. The average Bonchev–Trinajstić information content (AvgIpc) is 3.36. The lowest BCUT2D eigenvalue weighted by Crippen LogP contribution is -2.13. The molecule has 1 aromatic carbocycles. The van der Waals surface area contributed by atoms with Crippen molar-refractivity contribution in [2.24, 2.45) is 0 Å². The van der Waals surface area contributed by atoms with E-state index in [1.807, 2.05) is 41.9 Å². The minimum Gasteiger partial charge on any atom is -0.297 e. The van der Waals surface area contributed by atoms with E-state index in [9.17, 15) is 4.79 Å². The highest BCUT2D eigenvalue weighted by Crippen LogP contribution is 2.27. The van der Waals surface area contributed by atoms with Crippen LogP contribution in [0.4, 0.5) is 5.13 Å². The molecule has 0 saturated heterocycles. The minimum atomic E-state index is -0.231. The van der Waals surface area contributed by atoms with E-state index in [2.05, 4.69) is 25.8 Å². The second-order valence-electron chi connectivity index (χ2n) is 5.25. The number of tetrazole rings is 1. The summed E-state index contributed by atoms with van der Waals surface area (Å²) < 4.78 is 1.46. The van der Waals surface area contributed by atoms with Crippen LogP contribution in [0.3, 0.4) is 0 Å². The summed E-state index contributed by atoms with van der Waals surface area (Å²) in [7, 11) is 0. The van der Waals surface area contributed by atoms with E-state index in [1.54, 1.807) is 6.07 Å². The first kappa shape index (κ1) is 15.6. The summed E-state index contributed by atoms with van der Waals surface area (Å²) in [6.07, 6.45) is 1.46. The Kier molecular flexibility index (Phi) is 4.08. The van der Waals surface area contributed by atoms with Gasteiger partial charge in [0, 0.05) is 10.9 Å². The summed E-state index contributed by atoms with van der Waals surface area (Å²) in [5.74, 6) is -0.231. The van der Waals surface area contributed by atoms with Crippen molar-refractivity contribution in [3.8, 4) is 16.9 Å². The van der Waals surface area contributed by atoms with E-state index in [-0.39, 0.29) is 5.91 Å². The first-order chi connectivity index (χ1) is 12.2. The second kappa shape index (κ2) is 6.54. The number of nitrogens with one attached hydrogen (secondary N) is 1. The van der Waals surface area contributed by atoms with Crippen LogP contribution in [0.25, 0.3) is 16.9 Å². The highest BCUT2D eigenvalue weighted by molar-refractivity contribution is 7.15. The monoisotopic (exact) mass is 368 g/mol. The topological polar surface area (TPSA) is 85.6 Å². The summed E-state index contributed by atoms with van der Waals surface area (Å²) >= 11 is 2.72. The van der Waals surface area contributed by atoms with Crippen LogP contribution in [0.5, 0.6) is 0 Å². The van der Waals surface area contributed by atoms with Gasteiger partial charge in [0.1, 0.15) is 11.2 Å². The van der Waals surface area contributed by atoms with Crippen molar-refractivity contribution in [2.45, 2.75) is 6.92 Å². The molecule has 0 aliphatic carbocycles. The lowest BCUT2D eigenvalue weighted by Gasteiger charge is -2.02. The lowest BCUT2D eigenvalue weighted by atomic mass is 10.1. The molecule has 4 aromatic rings. The SMILES string of the molecule is Cc1ccc(-c2csc(NC(=O)c3sccc3-n3cnnn3)n2)cc1. The number of rotatable bonds is 4. The molecule has 9 heteroatoms. The first-order valence-electron chi connectivity index (χ1n) is 7.35. The Morgan fingerprint density at radius 1 is 1.16 bits per heavy atom. The zero-order chi connectivity index (χ0) is 17.2. The fraction of sp³-hybridized carbons (Fsp3) is 0.0625. The molecule has 3 heterocycles. The molecule has 0 aliphatic rings. The van der Waals surface area contributed by atoms with E-state index in [1.165, 1.54) is 39.2 Å². The summed E-state index contributed by atoms with van der Waals surface area (Å²) in [5, 5.41) is 18.2. The van der Waals surface area contributed by atoms with Crippen LogP contribution in [-0.2, 0) is 0 Å². The molecule has 0 atom stereocenters. The fourth-order valence-electron chi connectivity index (χ4n) is 2.27. The quantitative estimate of drug-likeness (QED) is 0.597. The zero-order valence-corrected chi connectivity index (χ0v) is 14.7. The number of aryl methyl sites for hydroxylation is 1. The number of anilines is 1. The van der Waals surface area contributed by atoms with Gasteiger partial charge in [0.15, 0.2) is 5.13 Å². The number of carbonyl (C=O) groups excluding carboxylic acids is 1. The second-order valence-corrected chi connectivity index (χ2v) is 7.02. The molecule has 0 fully saturated rings. The van der Waals surface area contributed by atoms with Crippen LogP contribution >= 0.6 is 22.7 Å². The highest BCUT2D eigenvalue weighted by Gasteiger charge is 2.17. The maximum atomic E-state index is 12.6. The number of carbonyl (C=O) groups is 1. The van der Waals surface area contributed by atoms with Crippen molar-refractivity contribution in [3.05, 3.63) is 57.9 Å². The van der Waals surface area contributed by atoms with E-state index in [0.717, 1.165) is 11.3 Å². The number of thiazole rings is 1. The van der Waals surface area contributed by atoms with Gasteiger partial charge in [-0.2, -0.15) is 4.68 Å². The van der Waals surface area contributed by atoms with Crippen molar-refractivity contribution >= 4 is 33.7 Å². The molecule has 0 saturated carbocycles. The molecule has 0 aliphatic heterocycles. The van der Waals surface area contributed by atoms with Crippen molar-refractivity contribution in [2.75, 3.05) is 5.32 Å². The Bertz CT molecular complexity index is 1000. The number of nitrogens with zero attached hydrogens (tertiary/aromatic N) is 5. The standard InChI is InChI=1S/C16H12N6OS2/c1-10-2-4-11(5-3-10)12-8-25-16(18-12)19-15(23)14-13(6-7-24-14)22-9-17-20-21-22/h2-9H,1H3,(H,18,19,23). The molecule has 25 heavy (non-hydrogen) atoms. The third-order valence-corrected chi connectivity index (χ3v) is 5.18. The Morgan fingerprint density at radius 2 is 2.00 bits per heavy atom. The molecule has 4 rings (SSSR count). The van der Waals surface area contributed by atoms with Gasteiger partial charge in [-0.1, -0.05) is 29.8 Å². The van der Waals surface area contributed by atoms with Gasteiger partial charge in [-0.25, -0.2) is 4.98 Å². The van der Waals surface area contributed by atoms with Crippen molar-refractivity contribution in [3.63, 3.8) is 0 Å². The summed E-state index contributed by atoms with van der Waals surface area (Å²) in [4.78, 5) is 17.6. The maximum absolute atomic E-state index is 12.6. The summed E-state index contributed by atoms with van der Waals surface area (Å²) in [6, 6.07) is 9.92. The average molecular weight is 368 g/mol. The third kappa shape index (κ3) is 3.19. The minimum absolute atomic E-state index is 0.231. The highest BCUT2D eigenvalue weighted by atomic mass is 32.1. The van der Waals surface area contributed by atoms with E-state index >= 15 is 0 Å². The first-order valence-corrected chi connectivity index (χ1v) is 9.11. The van der Waals surface area contributed by atoms with Gasteiger partial charge < -0.3 is 0 Å². The lowest BCUT2D eigenvalue weighted by molar-refractivity contribution is 0.103. The maximum Gasteiger partial charge on any atom is 0.269 e. The van der Waals surface area contributed by atoms with Crippen LogP contribution in [-0.4, -0.2) is 31.1 Å². The molecule has 1 amide bonds. The molecule has 0 bridgehead atoms. The van der Waals surface area contributed by atoms with E-state index in [0.29, 0.717) is 15.7 Å². The van der Waals surface area contributed by atoms with Crippen molar-refractivity contribution in [1.82, 2.24) is 25.2 Å².